The standard InChI is InChI=1S/C18H26N2O2/c1-13(2)16-5-3-4-6-17(16)19-18(21)20(15-7-8-15)11-14-9-10-22-12-14/h3-6,13-15H,7-12H2,1-2H3,(H,19,21)/t14-/m1/s1. The number of benzene rings is 1. The van der Waals surface area contributed by atoms with Gasteiger partial charge in [-0.05, 0) is 36.8 Å². The number of hydrogen-bond acceptors (Lipinski definition) is 2. The minimum Gasteiger partial charge on any atom is -0.381 e. The topological polar surface area (TPSA) is 41.6 Å². The van der Waals surface area contributed by atoms with Gasteiger partial charge in [0.15, 0.2) is 0 Å². The Labute approximate surface area is 132 Å². The number of nitrogens with one attached hydrogen (secondary N) is 1. The molecule has 1 heterocycles. The molecule has 2 fully saturated rings. The van der Waals surface area contributed by atoms with Crippen LogP contribution in [-0.4, -0.2) is 36.7 Å². The first-order valence-electron chi connectivity index (χ1n) is 8.39. The number of para-hydroxylation sites is 1. The molecule has 1 N–H and O–H groups in total. The van der Waals surface area contributed by atoms with Gasteiger partial charge in [-0.2, -0.15) is 0 Å². The van der Waals surface area contributed by atoms with Crippen molar-refractivity contribution < 1.29 is 9.53 Å². The number of rotatable bonds is 5. The highest BCUT2D eigenvalue weighted by molar-refractivity contribution is 5.90. The minimum absolute atomic E-state index is 0.0440. The number of urea groups is 1. The lowest BCUT2D eigenvalue weighted by molar-refractivity contribution is 0.167. The fourth-order valence-corrected chi connectivity index (χ4v) is 3.09. The molecule has 0 bridgehead atoms. The van der Waals surface area contributed by atoms with Crippen molar-refractivity contribution in [3.05, 3.63) is 29.8 Å². The van der Waals surface area contributed by atoms with Crippen LogP contribution in [0.15, 0.2) is 24.3 Å². The summed E-state index contributed by atoms with van der Waals surface area (Å²) in [6.45, 7) is 6.75. The van der Waals surface area contributed by atoms with Crippen LogP contribution in [0.1, 0.15) is 44.6 Å². The molecular formula is C18H26N2O2. The Bertz CT molecular complexity index is 520. The number of nitrogens with zero attached hydrogens (tertiary/aromatic N) is 1. The number of hydrogen-bond donors (Lipinski definition) is 1. The molecule has 0 spiro atoms. The molecule has 1 aliphatic heterocycles. The SMILES string of the molecule is CC(C)c1ccccc1NC(=O)N(C[C@H]1CCOC1)C1CC1. The van der Waals surface area contributed by atoms with Crippen molar-refractivity contribution in [1.82, 2.24) is 4.90 Å². The van der Waals surface area contributed by atoms with E-state index in [-0.39, 0.29) is 6.03 Å². The fraction of sp³-hybridized carbons (Fsp3) is 0.611. The van der Waals surface area contributed by atoms with Crippen LogP contribution in [0.25, 0.3) is 0 Å². The Balaban J connectivity index is 1.68. The molecule has 2 aliphatic rings. The Morgan fingerprint density at radius 2 is 2.09 bits per heavy atom. The van der Waals surface area contributed by atoms with Crippen molar-refractivity contribution in [2.75, 3.05) is 25.1 Å². The maximum absolute atomic E-state index is 12.7. The summed E-state index contributed by atoms with van der Waals surface area (Å²) in [7, 11) is 0. The van der Waals surface area contributed by atoms with Gasteiger partial charge in [0.05, 0.1) is 6.61 Å². The van der Waals surface area contributed by atoms with Crippen molar-refractivity contribution in [3.8, 4) is 0 Å². The highest BCUT2D eigenvalue weighted by atomic mass is 16.5. The second kappa shape index (κ2) is 6.69. The molecule has 22 heavy (non-hydrogen) atoms. The van der Waals surface area contributed by atoms with Crippen LogP contribution in [-0.2, 0) is 4.74 Å². The van der Waals surface area contributed by atoms with Crippen LogP contribution in [0, 0.1) is 5.92 Å². The van der Waals surface area contributed by atoms with Crippen molar-refractivity contribution in [2.24, 2.45) is 5.92 Å². The van der Waals surface area contributed by atoms with Gasteiger partial charge in [0.1, 0.15) is 0 Å². The molecule has 2 amide bonds. The summed E-state index contributed by atoms with van der Waals surface area (Å²) < 4.78 is 5.45. The van der Waals surface area contributed by atoms with E-state index in [1.165, 1.54) is 5.56 Å². The predicted octanol–water partition coefficient (Wildman–Crippen LogP) is 3.84. The Kier molecular flexibility index (Phi) is 4.67. The van der Waals surface area contributed by atoms with Gasteiger partial charge in [0.2, 0.25) is 0 Å². The lowest BCUT2D eigenvalue weighted by Crippen LogP contribution is -2.40. The van der Waals surface area contributed by atoms with Gasteiger partial charge in [0.25, 0.3) is 0 Å². The summed E-state index contributed by atoms with van der Waals surface area (Å²) >= 11 is 0. The first-order valence-corrected chi connectivity index (χ1v) is 8.39. The van der Waals surface area contributed by atoms with Gasteiger partial charge in [-0.3, -0.25) is 0 Å². The average Bonchev–Trinajstić information content (AvgIpc) is 3.21. The first kappa shape index (κ1) is 15.3. The third kappa shape index (κ3) is 3.61. The van der Waals surface area contributed by atoms with Gasteiger partial charge in [-0.1, -0.05) is 32.0 Å². The van der Waals surface area contributed by atoms with Gasteiger partial charge in [-0.25, -0.2) is 4.79 Å². The van der Waals surface area contributed by atoms with Crippen molar-refractivity contribution in [2.45, 2.75) is 45.1 Å². The number of ether oxygens (including phenoxy) is 1. The Hall–Kier alpha value is -1.55. The van der Waals surface area contributed by atoms with Gasteiger partial charge in [0, 0.05) is 30.8 Å². The monoisotopic (exact) mass is 302 g/mol. The quantitative estimate of drug-likeness (QED) is 0.898. The Morgan fingerprint density at radius 1 is 1.32 bits per heavy atom. The Morgan fingerprint density at radius 3 is 2.73 bits per heavy atom. The van der Waals surface area contributed by atoms with E-state index >= 15 is 0 Å². The van der Waals surface area contributed by atoms with Gasteiger partial charge >= 0.3 is 6.03 Å². The molecule has 1 atom stereocenters. The van der Waals surface area contributed by atoms with Gasteiger partial charge in [-0.15, -0.1) is 0 Å². The number of anilines is 1. The van der Waals surface area contributed by atoms with Crippen LogP contribution >= 0.6 is 0 Å². The summed E-state index contributed by atoms with van der Waals surface area (Å²) in [5.41, 5.74) is 2.13. The molecule has 1 aromatic rings. The van der Waals surface area contributed by atoms with Crippen molar-refractivity contribution in [1.29, 1.82) is 0 Å². The van der Waals surface area contributed by atoms with E-state index in [1.807, 2.05) is 23.1 Å². The smallest absolute Gasteiger partial charge is 0.322 e. The zero-order valence-electron chi connectivity index (χ0n) is 13.5. The second-order valence-corrected chi connectivity index (χ2v) is 6.79. The molecule has 4 heteroatoms. The third-order valence-electron chi connectivity index (χ3n) is 4.55. The minimum atomic E-state index is 0.0440. The van der Waals surface area contributed by atoms with Crippen molar-refractivity contribution in [3.63, 3.8) is 0 Å². The van der Waals surface area contributed by atoms with E-state index in [9.17, 15) is 4.79 Å². The molecule has 3 rings (SSSR count). The summed E-state index contributed by atoms with van der Waals surface area (Å²) in [6.07, 6.45) is 3.33. The summed E-state index contributed by atoms with van der Waals surface area (Å²) in [6, 6.07) is 8.56. The van der Waals surface area contributed by atoms with E-state index in [4.69, 9.17) is 4.74 Å². The summed E-state index contributed by atoms with van der Waals surface area (Å²) in [5.74, 6) is 0.890. The zero-order chi connectivity index (χ0) is 15.5. The van der Waals surface area contributed by atoms with Crippen LogP contribution in [0.2, 0.25) is 0 Å². The lowest BCUT2D eigenvalue weighted by atomic mass is 10.0. The van der Waals surface area contributed by atoms with Crippen LogP contribution in [0.5, 0.6) is 0 Å². The van der Waals surface area contributed by atoms with E-state index in [1.54, 1.807) is 0 Å². The largest absolute Gasteiger partial charge is 0.381 e. The first-order chi connectivity index (χ1) is 10.6. The molecule has 120 valence electrons. The maximum Gasteiger partial charge on any atom is 0.322 e. The molecule has 0 unspecified atom stereocenters. The number of amides is 2. The summed E-state index contributed by atoms with van der Waals surface area (Å²) in [5, 5.41) is 3.13. The highest BCUT2D eigenvalue weighted by Gasteiger charge is 2.35. The van der Waals surface area contributed by atoms with Crippen LogP contribution in [0.3, 0.4) is 0 Å². The molecule has 1 saturated carbocycles. The maximum atomic E-state index is 12.7. The highest BCUT2D eigenvalue weighted by Crippen LogP contribution is 2.30. The van der Waals surface area contributed by atoms with Crippen LogP contribution in [0.4, 0.5) is 10.5 Å². The lowest BCUT2D eigenvalue weighted by Gasteiger charge is -2.26. The van der Waals surface area contributed by atoms with Gasteiger partial charge < -0.3 is 15.0 Å². The average molecular weight is 302 g/mol. The molecular weight excluding hydrogens is 276 g/mol. The normalized spacial score (nSPS) is 21.1. The molecule has 1 aliphatic carbocycles. The van der Waals surface area contributed by atoms with Crippen molar-refractivity contribution >= 4 is 11.7 Å². The number of carbonyl (C=O) groups is 1. The zero-order valence-corrected chi connectivity index (χ0v) is 13.5. The fourth-order valence-electron chi connectivity index (χ4n) is 3.09. The van der Waals surface area contributed by atoms with E-state index in [2.05, 4.69) is 25.2 Å². The molecule has 4 nitrogen and oxygen atoms in total. The van der Waals surface area contributed by atoms with E-state index in [0.717, 1.165) is 44.7 Å². The van der Waals surface area contributed by atoms with E-state index < -0.39 is 0 Å². The molecule has 0 radical (unpaired) electrons. The summed E-state index contributed by atoms with van der Waals surface area (Å²) in [4.78, 5) is 14.8. The molecule has 1 aromatic carbocycles. The molecule has 0 aromatic heterocycles. The number of carbonyl (C=O) groups excluding carboxylic acids is 1. The predicted molar refractivity (Wildman–Crippen MR) is 88.2 cm³/mol. The second-order valence-electron chi connectivity index (χ2n) is 6.79. The third-order valence-corrected chi connectivity index (χ3v) is 4.55. The molecule has 1 saturated heterocycles. The van der Waals surface area contributed by atoms with Crippen LogP contribution < -0.4 is 5.32 Å². The van der Waals surface area contributed by atoms with E-state index in [0.29, 0.717) is 17.9 Å².